The summed E-state index contributed by atoms with van der Waals surface area (Å²) in [6, 6.07) is 12.0. The Morgan fingerprint density at radius 2 is 1.79 bits per heavy atom. The van der Waals surface area contributed by atoms with Gasteiger partial charge in [0.25, 0.3) is 0 Å². The summed E-state index contributed by atoms with van der Waals surface area (Å²) in [5.74, 6) is 0.615. The monoisotopic (exact) mass is 537 g/mol. The van der Waals surface area contributed by atoms with E-state index >= 15 is 0 Å². The normalized spacial score (nSPS) is 23.2. The first-order chi connectivity index (χ1) is 18.5. The van der Waals surface area contributed by atoms with Crippen molar-refractivity contribution in [3.8, 4) is 5.75 Å². The largest absolute Gasteiger partial charge is 0.489 e. The number of nitrogens with zero attached hydrogens (tertiary/aromatic N) is 2. The molecule has 2 heterocycles. The predicted octanol–water partition coefficient (Wildman–Crippen LogP) is 4.90. The minimum atomic E-state index is -0.842. The topological polar surface area (TPSA) is 65.0 Å². The van der Waals surface area contributed by atoms with E-state index in [4.69, 9.17) is 16.3 Å². The second kappa shape index (κ2) is 11.4. The lowest BCUT2D eigenvalue weighted by Gasteiger charge is -2.30. The van der Waals surface area contributed by atoms with Crippen molar-refractivity contribution < 1.29 is 14.6 Å². The molecule has 2 aliphatic carbocycles. The number of hydrogen-bond acceptors (Lipinski definition) is 5. The molecular formula is C31H40ClN3O3. The number of anilines is 1. The second-order valence-electron chi connectivity index (χ2n) is 11.7. The van der Waals surface area contributed by atoms with Crippen LogP contribution in [0.2, 0.25) is 5.02 Å². The van der Waals surface area contributed by atoms with Gasteiger partial charge in [-0.1, -0.05) is 23.7 Å². The van der Waals surface area contributed by atoms with Crippen LogP contribution in [0.15, 0.2) is 36.4 Å². The third kappa shape index (κ3) is 5.98. The van der Waals surface area contributed by atoms with Gasteiger partial charge in [0.2, 0.25) is 5.91 Å². The fourth-order valence-electron chi connectivity index (χ4n) is 6.29. The molecule has 0 spiro atoms. The zero-order chi connectivity index (χ0) is 26.1. The number of aryl methyl sites for hydroxylation is 2. The van der Waals surface area contributed by atoms with Crippen molar-refractivity contribution in [3.05, 3.63) is 58.1 Å². The lowest BCUT2D eigenvalue weighted by Crippen LogP contribution is -2.48. The highest BCUT2D eigenvalue weighted by Crippen LogP contribution is 2.35. The number of carbonyl (C=O) groups excluding carboxylic acids is 1. The van der Waals surface area contributed by atoms with Crippen molar-refractivity contribution >= 4 is 23.2 Å². The maximum absolute atomic E-state index is 13.5. The average molecular weight is 538 g/mol. The van der Waals surface area contributed by atoms with Gasteiger partial charge in [-0.3, -0.25) is 4.79 Å². The van der Waals surface area contributed by atoms with E-state index in [1.165, 1.54) is 36.1 Å². The van der Waals surface area contributed by atoms with Gasteiger partial charge in [0, 0.05) is 25.3 Å². The number of ether oxygens (including phenoxy) is 1. The van der Waals surface area contributed by atoms with Crippen LogP contribution in [0.1, 0.15) is 67.7 Å². The van der Waals surface area contributed by atoms with E-state index in [2.05, 4.69) is 33.3 Å². The van der Waals surface area contributed by atoms with Crippen LogP contribution < -0.4 is 15.0 Å². The summed E-state index contributed by atoms with van der Waals surface area (Å²) in [7, 11) is 0. The van der Waals surface area contributed by atoms with E-state index in [0.717, 1.165) is 64.7 Å². The van der Waals surface area contributed by atoms with Gasteiger partial charge >= 0.3 is 0 Å². The molecule has 4 aliphatic rings. The van der Waals surface area contributed by atoms with E-state index in [-0.39, 0.29) is 17.9 Å². The molecule has 0 radical (unpaired) electrons. The average Bonchev–Trinajstić information content (AvgIpc) is 3.37. The van der Waals surface area contributed by atoms with Crippen LogP contribution in [0.5, 0.6) is 5.75 Å². The molecule has 1 saturated carbocycles. The molecule has 6 nitrogen and oxygen atoms in total. The Hall–Kier alpha value is -2.28. The van der Waals surface area contributed by atoms with E-state index in [1.54, 1.807) is 6.07 Å². The standard InChI is InChI=1S/C31H40ClN3O3/c32-27-18-23(8-12-29(27)38-26-10-11-26)30(36)28(20-34-14-3-4-15-34)33-31(37)24-13-16-35(19-24)25-9-7-21-5-1-2-6-22(21)17-25/h7-9,12,17-18,24,26,28,30,36H,1-6,10-11,13-16,19-20H2,(H,33,37)/t24?,28-,30-/m1/s1. The Labute approximate surface area is 231 Å². The van der Waals surface area contributed by atoms with Gasteiger partial charge in [-0.25, -0.2) is 0 Å². The van der Waals surface area contributed by atoms with Gasteiger partial charge in [0.1, 0.15) is 11.9 Å². The van der Waals surface area contributed by atoms with Crippen LogP contribution in [0.3, 0.4) is 0 Å². The Morgan fingerprint density at radius 3 is 2.55 bits per heavy atom. The second-order valence-corrected chi connectivity index (χ2v) is 12.1. The molecule has 7 heteroatoms. The SMILES string of the molecule is O=C(N[C@H](CN1CCCC1)[C@H](O)c1ccc(OC2CC2)c(Cl)c1)C1CCN(c2ccc3c(c2)CCCC3)C1. The first-order valence-electron chi connectivity index (χ1n) is 14.6. The summed E-state index contributed by atoms with van der Waals surface area (Å²) >= 11 is 6.51. The number of aliphatic hydroxyl groups is 1. The van der Waals surface area contributed by atoms with Gasteiger partial charge in [-0.05, 0) is 112 Å². The lowest BCUT2D eigenvalue weighted by atomic mass is 9.91. The van der Waals surface area contributed by atoms with Crippen molar-refractivity contribution in [2.75, 3.05) is 37.6 Å². The molecule has 2 saturated heterocycles. The highest BCUT2D eigenvalue weighted by atomic mass is 35.5. The van der Waals surface area contributed by atoms with Crippen molar-refractivity contribution in [1.82, 2.24) is 10.2 Å². The Morgan fingerprint density at radius 1 is 1.00 bits per heavy atom. The summed E-state index contributed by atoms with van der Waals surface area (Å²) in [4.78, 5) is 18.2. The number of nitrogens with one attached hydrogen (secondary N) is 1. The molecule has 3 atom stereocenters. The van der Waals surface area contributed by atoms with E-state index in [1.807, 2.05) is 12.1 Å². The number of fused-ring (bicyclic) bond motifs is 1. The quantitative estimate of drug-likeness (QED) is 0.476. The number of aliphatic hydroxyl groups excluding tert-OH is 1. The number of halogens is 1. The third-order valence-electron chi connectivity index (χ3n) is 8.73. The third-order valence-corrected chi connectivity index (χ3v) is 9.03. The smallest absolute Gasteiger partial charge is 0.225 e. The molecule has 204 valence electrons. The highest BCUT2D eigenvalue weighted by molar-refractivity contribution is 6.32. The van der Waals surface area contributed by atoms with Gasteiger partial charge in [0.15, 0.2) is 0 Å². The Balaban J connectivity index is 1.12. The molecule has 2 N–H and O–H groups in total. The molecule has 3 fully saturated rings. The zero-order valence-electron chi connectivity index (χ0n) is 22.2. The minimum absolute atomic E-state index is 0.0356. The van der Waals surface area contributed by atoms with Crippen LogP contribution in [0, 0.1) is 5.92 Å². The van der Waals surface area contributed by atoms with Crippen molar-refractivity contribution in [1.29, 1.82) is 0 Å². The summed E-state index contributed by atoms with van der Waals surface area (Å²) in [6.07, 6.45) is 9.60. The summed E-state index contributed by atoms with van der Waals surface area (Å²) < 4.78 is 5.87. The van der Waals surface area contributed by atoms with Gasteiger partial charge < -0.3 is 25.0 Å². The van der Waals surface area contributed by atoms with Crippen molar-refractivity contribution in [3.63, 3.8) is 0 Å². The predicted molar refractivity (Wildman–Crippen MR) is 151 cm³/mol. The molecule has 2 aliphatic heterocycles. The molecule has 1 amide bonds. The molecule has 38 heavy (non-hydrogen) atoms. The van der Waals surface area contributed by atoms with Gasteiger partial charge in [-0.15, -0.1) is 0 Å². The van der Waals surface area contributed by atoms with Crippen LogP contribution in [0.25, 0.3) is 0 Å². The maximum atomic E-state index is 13.5. The number of benzene rings is 2. The van der Waals surface area contributed by atoms with Crippen LogP contribution in [-0.4, -0.2) is 60.8 Å². The fraction of sp³-hybridized carbons (Fsp3) is 0.581. The molecule has 0 aromatic heterocycles. The molecule has 2 aromatic rings. The first kappa shape index (κ1) is 26.0. The van der Waals surface area contributed by atoms with Crippen molar-refractivity contribution in [2.24, 2.45) is 5.92 Å². The van der Waals surface area contributed by atoms with Crippen LogP contribution in [0.4, 0.5) is 5.69 Å². The molecule has 6 rings (SSSR count). The molecule has 2 aromatic carbocycles. The number of carbonyl (C=O) groups is 1. The highest BCUT2D eigenvalue weighted by Gasteiger charge is 2.33. The van der Waals surface area contributed by atoms with Crippen LogP contribution in [-0.2, 0) is 17.6 Å². The van der Waals surface area contributed by atoms with E-state index in [0.29, 0.717) is 22.9 Å². The zero-order valence-corrected chi connectivity index (χ0v) is 23.0. The number of amides is 1. The molecular weight excluding hydrogens is 498 g/mol. The minimum Gasteiger partial charge on any atom is -0.489 e. The summed E-state index contributed by atoms with van der Waals surface area (Å²) in [5, 5.41) is 15.2. The van der Waals surface area contributed by atoms with E-state index < -0.39 is 12.1 Å². The summed E-state index contributed by atoms with van der Waals surface area (Å²) in [6.45, 7) is 4.24. The first-order valence-corrected chi connectivity index (χ1v) is 14.9. The Kier molecular flexibility index (Phi) is 7.82. The number of rotatable bonds is 9. The Bertz CT molecular complexity index is 1150. The number of hydrogen-bond donors (Lipinski definition) is 2. The van der Waals surface area contributed by atoms with Crippen LogP contribution >= 0.6 is 11.6 Å². The van der Waals surface area contributed by atoms with Gasteiger partial charge in [-0.2, -0.15) is 0 Å². The van der Waals surface area contributed by atoms with E-state index in [9.17, 15) is 9.90 Å². The molecule has 0 bridgehead atoms. The fourth-order valence-corrected chi connectivity index (χ4v) is 6.52. The van der Waals surface area contributed by atoms with Gasteiger partial charge in [0.05, 0.1) is 23.1 Å². The lowest BCUT2D eigenvalue weighted by molar-refractivity contribution is -0.126. The number of likely N-dealkylation sites (tertiary alicyclic amines) is 1. The summed E-state index contributed by atoms with van der Waals surface area (Å²) in [5.41, 5.74) is 4.91. The maximum Gasteiger partial charge on any atom is 0.225 e. The van der Waals surface area contributed by atoms with Crippen molar-refractivity contribution in [2.45, 2.75) is 76.0 Å². The molecule has 1 unspecified atom stereocenters.